The molecule has 2 aromatic carbocycles. The summed E-state index contributed by atoms with van der Waals surface area (Å²) in [5.74, 6) is -1.03. The third-order valence-corrected chi connectivity index (χ3v) is 4.68. The molecule has 1 aliphatic heterocycles. The van der Waals surface area contributed by atoms with Gasteiger partial charge in [-0.3, -0.25) is 14.5 Å². The predicted octanol–water partition coefficient (Wildman–Crippen LogP) is 4.42. The van der Waals surface area contributed by atoms with Gasteiger partial charge < -0.3 is 5.11 Å². The van der Waals surface area contributed by atoms with E-state index in [-0.39, 0.29) is 27.8 Å². The van der Waals surface area contributed by atoms with Crippen LogP contribution in [0.25, 0.3) is 6.08 Å². The van der Waals surface area contributed by atoms with Crippen molar-refractivity contribution in [1.29, 1.82) is 0 Å². The van der Waals surface area contributed by atoms with Gasteiger partial charge in [-0.1, -0.05) is 29.8 Å². The summed E-state index contributed by atoms with van der Waals surface area (Å²) < 4.78 is 13.9. The highest BCUT2D eigenvalue weighted by atomic mass is 35.5. The van der Waals surface area contributed by atoms with E-state index >= 15 is 0 Å². The van der Waals surface area contributed by atoms with Crippen LogP contribution in [0.3, 0.4) is 0 Å². The molecule has 2 aromatic rings. The van der Waals surface area contributed by atoms with Crippen molar-refractivity contribution in [3.63, 3.8) is 0 Å². The highest BCUT2D eigenvalue weighted by molar-refractivity contribution is 8.18. The molecule has 3 rings (SSSR count). The lowest BCUT2D eigenvalue weighted by atomic mass is 10.2. The minimum Gasteiger partial charge on any atom is -0.508 e. The van der Waals surface area contributed by atoms with E-state index in [1.165, 1.54) is 36.4 Å². The van der Waals surface area contributed by atoms with Crippen LogP contribution >= 0.6 is 23.4 Å². The van der Waals surface area contributed by atoms with E-state index in [4.69, 9.17) is 11.6 Å². The molecule has 1 aliphatic rings. The lowest BCUT2D eigenvalue weighted by molar-refractivity contribution is -0.123. The second-order valence-electron chi connectivity index (χ2n) is 5.06. The highest BCUT2D eigenvalue weighted by Crippen LogP contribution is 2.34. The van der Waals surface area contributed by atoms with Crippen molar-refractivity contribution in [2.45, 2.75) is 6.54 Å². The zero-order valence-corrected chi connectivity index (χ0v) is 13.8. The maximum atomic E-state index is 13.9. The van der Waals surface area contributed by atoms with Crippen LogP contribution in [0.1, 0.15) is 11.1 Å². The Kier molecular flexibility index (Phi) is 4.59. The molecule has 7 heteroatoms. The molecule has 0 saturated carbocycles. The molecule has 0 atom stereocenters. The van der Waals surface area contributed by atoms with Crippen molar-refractivity contribution in [3.05, 3.63) is 69.3 Å². The Bertz CT molecular complexity index is 848. The fourth-order valence-corrected chi connectivity index (χ4v) is 3.30. The molecule has 0 spiro atoms. The van der Waals surface area contributed by atoms with Crippen LogP contribution in [0.2, 0.25) is 5.02 Å². The van der Waals surface area contributed by atoms with Crippen LogP contribution in [0.4, 0.5) is 9.18 Å². The number of benzene rings is 2. The standard InChI is InChI=1S/C17H11ClFNO3S/c18-13-5-2-6-14(19)12(13)9-20-16(22)15(24-17(20)23)8-10-3-1-4-11(21)7-10/h1-8,21H,9H2/b15-8-. The smallest absolute Gasteiger partial charge is 0.293 e. The molecule has 122 valence electrons. The third kappa shape index (κ3) is 3.29. The van der Waals surface area contributed by atoms with Crippen molar-refractivity contribution in [2.75, 3.05) is 0 Å². The van der Waals surface area contributed by atoms with Gasteiger partial charge in [0.05, 0.1) is 11.4 Å². The summed E-state index contributed by atoms with van der Waals surface area (Å²) in [6, 6.07) is 10.5. The molecule has 0 aliphatic carbocycles. The topological polar surface area (TPSA) is 57.6 Å². The number of nitrogens with zero attached hydrogens (tertiary/aromatic N) is 1. The molecule has 0 radical (unpaired) electrons. The minimum atomic E-state index is -0.571. The molecule has 4 nitrogen and oxygen atoms in total. The summed E-state index contributed by atoms with van der Waals surface area (Å²) in [5, 5.41) is 9.12. The number of phenols is 1. The van der Waals surface area contributed by atoms with E-state index in [0.717, 1.165) is 16.7 Å². The number of imide groups is 1. The van der Waals surface area contributed by atoms with Crippen molar-refractivity contribution in [3.8, 4) is 5.75 Å². The summed E-state index contributed by atoms with van der Waals surface area (Å²) >= 11 is 6.71. The Morgan fingerprint density at radius 3 is 2.67 bits per heavy atom. The van der Waals surface area contributed by atoms with Crippen molar-refractivity contribution >= 4 is 40.6 Å². The van der Waals surface area contributed by atoms with E-state index in [9.17, 15) is 19.1 Å². The van der Waals surface area contributed by atoms with E-state index in [2.05, 4.69) is 0 Å². The van der Waals surface area contributed by atoms with E-state index in [1.54, 1.807) is 12.1 Å². The Morgan fingerprint density at radius 1 is 1.21 bits per heavy atom. The number of carbonyl (C=O) groups excluding carboxylic acids is 2. The Morgan fingerprint density at radius 2 is 1.96 bits per heavy atom. The van der Waals surface area contributed by atoms with E-state index in [1.807, 2.05) is 0 Å². The Balaban J connectivity index is 1.87. The van der Waals surface area contributed by atoms with E-state index in [0.29, 0.717) is 5.56 Å². The van der Waals surface area contributed by atoms with Gasteiger partial charge in [-0.25, -0.2) is 4.39 Å². The summed E-state index contributed by atoms with van der Waals surface area (Å²) in [7, 11) is 0. The number of aromatic hydroxyl groups is 1. The first kappa shape index (κ1) is 16.5. The molecule has 1 N–H and O–H groups in total. The minimum absolute atomic E-state index is 0.0566. The maximum absolute atomic E-state index is 13.9. The van der Waals surface area contributed by atoms with Crippen molar-refractivity contribution < 1.29 is 19.1 Å². The van der Waals surface area contributed by atoms with Crippen LogP contribution in [0.5, 0.6) is 5.75 Å². The fraction of sp³-hybridized carbons (Fsp3) is 0.0588. The van der Waals surface area contributed by atoms with Crippen molar-refractivity contribution in [1.82, 2.24) is 4.90 Å². The van der Waals surface area contributed by atoms with Gasteiger partial charge in [0, 0.05) is 10.6 Å². The average Bonchev–Trinajstić information content (AvgIpc) is 2.78. The van der Waals surface area contributed by atoms with Crippen LogP contribution < -0.4 is 0 Å². The highest BCUT2D eigenvalue weighted by Gasteiger charge is 2.35. The number of hydrogen-bond donors (Lipinski definition) is 1. The SMILES string of the molecule is O=C1S/C(=C\c2cccc(O)c2)C(=O)N1Cc1c(F)cccc1Cl. The predicted molar refractivity (Wildman–Crippen MR) is 91.0 cm³/mol. The molecular weight excluding hydrogens is 353 g/mol. The summed E-state index contributed by atoms with van der Waals surface area (Å²) in [5.41, 5.74) is 0.685. The van der Waals surface area contributed by atoms with Gasteiger partial charge in [0.2, 0.25) is 0 Å². The number of carbonyl (C=O) groups is 2. The summed E-state index contributed by atoms with van der Waals surface area (Å²) in [4.78, 5) is 25.7. The van der Waals surface area contributed by atoms with Gasteiger partial charge in [0.15, 0.2) is 0 Å². The van der Waals surface area contributed by atoms with Crippen LogP contribution in [-0.4, -0.2) is 21.2 Å². The molecule has 0 unspecified atom stereocenters. The molecular formula is C17H11ClFNO3S. The largest absolute Gasteiger partial charge is 0.508 e. The van der Waals surface area contributed by atoms with Crippen LogP contribution in [-0.2, 0) is 11.3 Å². The molecule has 1 fully saturated rings. The van der Waals surface area contributed by atoms with Crippen LogP contribution in [0, 0.1) is 5.82 Å². The van der Waals surface area contributed by atoms with Gasteiger partial charge >= 0.3 is 0 Å². The van der Waals surface area contributed by atoms with Crippen molar-refractivity contribution in [2.24, 2.45) is 0 Å². The first-order chi connectivity index (χ1) is 11.5. The molecule has 1 saturated heterocycles. The summed E-state index contributed by atoms with van der Waals surface area (Å²) in [6.07, 6.45) is 1.51. The average molecular weight is 364 g/mol. The number of amides is 2. The van der Waals surface area contributed by atoms with Gasteiger partial charge in [0.25, 0.3) is 11.1 Å². The van der Waals surface area contributed by atoms with Gasteiger partial charge in [-0.05, 0) is 47.7 Å². The zero-order valence-electron chi connectivity index (χ0n) is 12.2. The van der Waals surface area contributed by atoms with Gasteiger partial charge in [-0.15, -0.1) is 0 Å². The first-order valence-corrected chi connectivity index (χ1v) is 8.12. The van der Waals surface area contributed by atoms with Crippen LogP contribution in [0.15, 0.2) is 47.4 Å². The monoisotopic (exact) mass is 363 g/mol. The third-order valence-electron chi connectivity index (χ3n) is 3.42. The zero-order chi connectivity index (χ0) is 17.3. The summed E-state index contributed by atoms with van der Waals surface area (Å²) in [6.45, 7) is -0.229. The molecule has 0 aromatic heterocycles. The van der Waals surface area contributed by atoms with Gasteiger partial charge in [-0.2, -0.15) is 0 Å². The Labute approximate surface area is 146 Å². The number of rotatable bonds is 3. The molecule has 2 amide bonds. The maximum Gasteiger partial charge on any atom is 0.293 e. The fourth-order valence-electron chi connectivity index (χ4n) is 2.24. The molecule has 1 heterocycles. The first-order valence-electron chi connectivity index (χ1n) is 6.93. The van der Waals surface area contributed by atoms with Gasteiger partial charge in [0.1, 0.15) is 11.6 Å². The number of hydrogen-bond acceptors (Lipinski definition) is 4. The van der Waals surface area contributed by atoms with E-state index < -0.39 is 17.0 Å². The second-order valence-corrected chi connectivity index (χ2v) is 6.46. The quantitative estimate of drug-likeness (QED) is 0.820. The normalized spacial score (nSPS) is 16.2. The number of phenolic OH excluding ortho intramolecular Hbond substituents is 1. The number of halogens is 2. The molecule has 24 heavy (non-hydrogen) atoms. The molecule has 0 bridgehead atoms. The number of thioether (sulfide) groups is 1. The Hall–Kier alpha value is -2.31. The lowest BCUT2D eigenvalue weighted by Crippen LogP contribution is -2.28. The second kappa shape index (κ2) is 6.67. The lowest BCUT2D eigenvalue weighted by Gasteiger charge is -2.14.